The topological polar surface area (TPSA) is 159 Å². The van der Waals surface area contributed by atoms with E-state index in [2.05, 4.69) is 16.1 Å². The van der Waals surface area contributed by atoms with Crippen molar-refractivity contribution in [2.45, 2.75) is 43.8 Å². The standard InChI is InChI=1S/C35H43N3O11S2.C2H6/c1-4-30-9-11-31(12-10-30)38(35(39)36-17-21-44-25-26-46-24-20-37-18-22-45-23-19-37)48-34(49-51(42,43)33-15-7-29(3)8-16-33)27-47-50(40,41)32-13-5-28(2)6-14-32;1-2/h1,5-16,34H,17-27H2,2-3H3,(H,36,39);1-2H3. The second-order valence-corrected chi connectivity index (χ2v) is 14.5. The van der Waals surface area contributed by atoms with Gasteiger partial charge < -0.3 is 19.5 Å². The van der Waals surface area contributed by atoms with E-state index >= 15 is 0 Å². The van der Waals surface area contributed by atoms with E-state index in [0.717, 1.165) is 49.0 Å². The van der Waals surface area contributed by atoms with Gasteiger partial charge in [0.1, 0.15) is 6.61 Å². The van der Waals surface area contributed by atoms with E-state index in [1.165, 1.54) is 36.4 Å². The first-order valence-corrected chi connectivity index (χ1v) is 20.0. The molecule has 1 aliphatic heterocycles. The molecule has 290 valence electrons. The third kappa shape index (κ3) is 14.8. The van der Waals surface area contributed by atoms with Crippen LogP contribution in [0.1, 0.15) is 30.5 Å². The number of hydrogen-bond acceptors (Lipinski definition) is 12. The number of hydroxylamine groups is 1. The highest BCUT2D eigenvalue weighted by Crippen LogP contribution is 2.22. The summed E-state index contributed by atoms with van der Waals surface area (Å²) in [6.07, 6.45) is 3.53. The molecule has 4 rings (SSSR count). The normalized spacial score (nSPS) is 14.0. The highest BCUT2D eigenvalue weighted by molar-refractivity contribution is 7.87. The summed E-state index contributed by atoms with van der Waals surface area (Å²) in [6.45, 7) is 12.0. The van der Waals surface area contributed by atoms with E-state index < -0.39 is 39.2 Å². The summed E-state index contributed by atoms with van der Waals surface area (Å²) in [7, 11) is -8.94. The van der Waals surface area contributed by atoms with E-state index in [1.54, 1.807) is 50.2 Å². The third-order valence-corrected chi connectivity index (χ3v) is 10.1. The molecule has 16 heteroatoms. The summed E-state index contributed by atoms with van der Waals surface area (Å²) in [5, 5.41) is 3.37. The second kappa shape index (κ2) is 22.4. The van der Waals surface area contributed by atoms with Crippen LogP contribution in [0.2, 0.25) is 0 Å². The molecule has 1 heterocycles. The van der Waals surface area contributed by atoms with Crippen LogP contribution in [0.15, 0.2) is 82.6 Å². The Morgan fingerprint density at radius 1 is 0.830 bits per heavy atom. The SMILES string of the molecule is C#Cc1ccc(N(OC(COS(=O)(=O)c2ccc(C)cc2)OS(=O)(=O)c2ccc(C)cc2)C(=O)NCCOCCOCCN2CCOCC2)cc1.CC. The van der Waals surface area contributed by atoms with Gasteiger partial charge in [0.25, 0.3) is 20.2 Å². The number of nitrogens with zero attached hydrogens (tertiary/aromatic N) is 2. The van der Waals surface area contributed by atoms with Crippen molar-refractivity contribution in [3.63, 3.8) is 0 Å². The summed E-state index contributed by atoms with van der Waals surface area (Å²) < 4.78 is 79.7. The summed E-state index contributed by atoms with van der Waals surface area (Å²) in [5.41, 5.74) is 2.25. The van der Waals surface area contributed by atoms with Crippen LogP contribution in [0.3, 0.4) is 0 Å². The molecule has 0 bridgehead atoms. The Bertz CT molecular complexity index is 1790. The Balaban J connectivity index is 0.00000372. The number of carbonyl (C=O) groups is 1. The van der Waals surface area contributed by atoms with Crippen molar-refractivity contribution in [2.24, 2.45) is 0 Å². The average Bonchev–Trinajstić information content (AvgIpc) is 3.16. The maximum Gasteiger partial charge on any atom is 0.346 e. The first-order chi connectivity index (χ1) is 25.5. The average molecular weight is 776 g/mol. The fourth-order valence-corrected chi connectivity index (χ4v) is 6.42. The molecule has 0 radical (unpaired) electrons. The number of urea groups is 1. The molecule has 1 unspecified atom stereocenters. The number of rotatable bonds is 19. The van der Waals surface area contributed by atoms with Gasteiger partial charge in [0.2, 0.25) is 6.29 Å². The first kappa shape index (κ1) is 43.5. The zero-order valence-electron chi connectivity index (χ0n) is 30.6. The molecule has 2 amide bonds. The Kier molecular flexibility index (Phi) is 18.4. The number of nitrogens with one attached hydrogen (secondary N) is 1. The molecular weight excluding hydrogens is 727 g/mol. The van der Waals surface area contributed by atoms with Gasteiger partial charge in [-0.2, -0.15) is 21.9 Å². The van der Waals surface area contributed by atoms with Gasteiger partial charge in [-0.15, -0.1) is 6.42 Å². The molecule has 1 saturated heterocycles. The van der Waals surface area contributed by atoms with Crippen LogP contribution in [-0.4, -0.2) is 106 Å². The van der Waals surface area contributed by atoms with Crippen LogP contribution >= 0.6 is 0 Å². The van der Waals surface area contributed by atoms with Gasteiger partial charge in [0, 0.05) is 31.7 Å². The molecule has 0 saturated carbocycles. The number of hydrogen-bond donors (Lipinski definition) is 1. The molecule has 0 spiro atoms. The monoisotopic (exact) mass is 775 g/mol. The zero-order chi connectivity index (χ0) is 38.7. The van der Waals surface area contributed by atoms with E-state index in [9.17, 15) is 21.6 Å². The van der Waals surface area contributed by atoms with Crippen LogP contribution < -0.4 is 10.4 Å². The van der Waals surface area contributed by atoms with Gasteiger partial charge in [-0.3, -0.25) is 9.08 Å². The molecule has 3 aromatic rings. The van der Waals surface area contributed by atoms with Gasteiger partial charge >= 0.3 is 6.03 Å². The quantitative estimate of drug-likeness (QED) is 0.0608. The van der Waals surface area contributed by atoms with E-state index in [4.69, 9.17) is 33.8 Å². The fraction of sp³-hybridized carbons (Fsp3) is 0.432. The lowest BCUT2D eigenvalue weighted by molar-refractivity contribution is -0.0989. The minimum atomic E-state index is -4.54. The lowest BCUT2D eigenvalue weighted by atomic mass is 10.2. The number of amides is 2. The van der Waals surface area contributed by atoms with Crippen molar-refractivity contribution in [1.29, 1.82) is 0 Å². The molecular formula is C37H49N3O11S2. The molecule has 1 fully saturated rings. The van der Waals surface area contributed by atoms with Crippen molar-refractivity contribution in [2.75, 3.05) is 77.5 Å². The Morgan fingerprint density at radius 2 is 1.38 bits per heavy atom. The Labute approximate surface area is 313 Å². The number of morpholine rings is 1. The minimum Gasteiger partial charge on any atom is -0.379 e. The lowest BCUT2D eigenvalue weighted by Crippen LogP contribution is -2.45. The fourth-order valence-electron chi connectivity index (χ4n) is 4.57. The van der Waals surface area contributed by atoms with E-state index in [0.29, 0.717) is 25.4 Å². The van der Waals surface area contributed by atoms with Crippen LogP contribution in [0.25, 0.3) is 0 Å². The molecule has 1 N–H and O–H groups in total. The smallest absolute Gasteiger partial charge is 0.346 e. The van der Waals surface area contributed by atoms with Gasteiger partial charge in [-0.25, -0.2) is 13.8 Å². The van der Waals surface area contributed by atoms with E-state index in [-0.39, 0.29) is 28.6 Å². The van der Waals surface area contributed by atoms with Crippen molar-refractivity contribution in [3.05, 3.63) is 89.5 Å². The maximum absolute atomic E-state index is 13.5. The van der Waals surface area contributed by atoms with Gasteiger partial charge in [0.15, 0.2) is 0 Å². The van der Waals surface area contributed by atoms with Gasteiger partial charge in [-0.1, -0.05) is 55.2 Å². The van der Waals surface area contributed by atoms with Crippen LogP contribution in [0.5, 0.6) is 0 Å². The molecule has 0 aromatic heterocycles. The van der Waals surface area contributed by atoms with Crippen molar-refractivity contribution in [3.8, 4) is 12.3 Å². The number of benzene rings is 3. The summed E-state index contributed by atoms with van der Waals surface area (Å²) in [6, 6.07) is 16.8. The van der Waals surface area contributed by atoms with Crippen molar-refractivity contribution >= 4 is 32.0 Å². The highest BCUT2D eigenvalue weighted by Gasteiger charge is 2.30. The second-order valence-electron chi connectivity index (χ2n) is 11.3. The van der Waals surface area contributed by atoms with Crippen molar-refractivity contribution in [1.82, 2.24) is 10.2 Å². The summed E-state index contributed by atoms with van der Waals surface area (Å²) in [4.78, 5) is 21.1. The summed E-state index contributed by atoms with van der Waals surface area (Å²) >= 11 is 0. The number of terminal acetylenes is 1. The minimum absolute atomic E-state index is 0.0421. The molecule has 1 atom stereocenters. The predicted octanol–water partition coefficient (Wildman–Crippen LogP) is 4.26. The summed E-state index contributed by atoms with van der Waals surface area (Å²) in [5.74, 6) is 2.47. The zero-order valence-corrected chi connectivity index (χ0v) is 32.2. The van der Waals surface area contributed by atoms with Crippen molar-refractivity contribution < 1.29 is 49.0 Å². The Morgan fingerprint density at radius 3 is 1.94 bits per heavy atom. The van der Waals surface area contributed by atoms with E-state index in [1.807, 2.05) is 13.8 Å². The number of anilines is 1. The number of aryl methyl sites for hydroxylation is 2. The van der Waals surface area contributed by atoms with Crippen LogP contribution in [-0.2, 0) is 47.7 Å². The molecule has 3 aromatic carbocycles. The lowest BCUT2D eigenvalue weighted by Gasteiger charge is -2.27. The highest BCUT2D eigenvalue weighted by atomic mass is 32.2. The van der Waals surface area contributed by atoms with Crippen LogP contribution in [0, 0.1) is 26.2 Å². The Hall–Kier alpha value is -3.89. The largest absolute Gasteiger partial charge is 0.379 e. The number of carbonyl (C=O) groups excluding carboxylic acids is 1. The van der Waals surface area contributed by atoms with Crippen LogP contribution in [0.4, 0.5) is 10.5 Å². The molecule has 53 heavy (non-hydrogen) atoms. The maximum atomic E-state index is 13.5. The third-order valence-electron chi connectivity index (χ3n) is 7.44. The molecule has 0 aliphatic carbocycles. The number of ether oxygens (including phenoxy) is 3. The molecule has 1 aliphatic rings. The first-order valence-electron chi connectivity index (χ1n) is 17.2. The van der Waals surface area contributed by atoms with Gasteiger partial charge in [0.05, 0.1) is 55.1 Å². The molecule has 14 nitrogen and oxygen atoms in total. The predicted molar refractivity (Wildman–Crippen MR) is 199 cm³/mol. The van der Waals surface area contributed by atoms with Gasteiger partial charge in [-0.05, 0) is 62.4 Å².